The number of hydrogen-bond acceptors (Lipinski definition) is 4. The molecule has 0 atom stereocenters. The Morgan fingerprint density at radius 1 is 1.25 bits per heavy atom. The summed E-state index contributed by atoms with van der Waals surface area (Å²) in [4.78, 5) is 29.0. The molecular weight excluding hydrogens is 306 g/mol. The average Bonchev–Trinajstić information content (AvgIpc) is 2.88. The van der Waals surface area contributed by atoms with Gasteiger partial charge in [0.25, 0.3) is 5.91 Å². The summed E-state index contributed by atoms with van der Waals surface area (Å²) < 4.78 is 1.65. The van der Waals surface area contributed by atoms with Gasteiger partial charge in [-0.1, -0.05) is 12.1 Å². The molecule has 2 heterocycles. The van der Waals surface area contributed by atoms with Gasteiger partial charge in [0.2, 0.25) is 5.91 Å². The lowest BCUT2D eigenvalue weighted by Gasteiger charge is -2.23. The van der Waals surface area contributed by atoms with Crippen LogP contribution in [0.25, 0.3) is 0 Å². The smallest absolute Gasteiger partial charge is 0.276 e. The number of fused-ring (bicyclic) bond motifs is 2. The molecule has 0 spiro atoms. The number of hydrogen-bond donors (Lipinski definition) is 1. The van der Waals surface area contributed by atoms with Crippen LogP contribution in [0.5, 0.6) is 0 Å². The van der Waals surface area contributed by atoms with E-state index in [1.807, 2.05) is 46.1 Å². The average molecular weight is 327 g/mol. The highest BCUT2D eigenvalue weighted by molar-refractivity contribution is 6.17. The van der Waals surface area contributed by atoms with E-state index in [2.05, 4.69) is 10.4 Å². The number of rotatable bonds is 3. The van der Waals surface area contributed by atoms with Crippen LogP contribution in [0.15, 0.2) is 30.5 Å². The van der Waals surface area contributed by atoms with Crippen molar-refractivity contribution in [1.29, 1.82) is 0 Å². The summed E-state index contributed by atoms with van der Waals surface area (Å²) in [5.41, 5.74) is 2.17. The number of para-hydroxylation sites is 2. The summed E-state index contributed by atoms with van der Waals surface area (Å²) in [7, 11) is 3.67. The van der Waals surface area contributed by atoms with Gasteiger partial charge in [-0.25, -0.2) is 0 Å². The molecule has 126 valence electrons. The van der Waals surface area contributed by atoms with Crippen molar-refractivity contribution in [2.45, 2.75) is 19.9 Å². The molecule has 1 aliphatic rings. The molecule has 1 aromatic carbocycles. The molecule has 2 amide bonds. The monoisotopic (exact) mass is 327 g/mol. The van der Waals surface area contributed by atoms with E-state index in [0.29, 0.717) is 22.8 Å². The SMILES string of the molecule is CC(C)n1ncc2c1C(=O)Nc1ccccc1N2C(=O)CN(C)C. The van der Waals surface area contributed by atoms with Crippen molar-refractivity contribution in [3.63, 3.8) is 0 Å². The summed E-state index contributed by atoms with van der Waals surface area (Å²) >= 11 is 0. The van der Waals surface area contributed by atoms with Crippen LogP contribution in [-0.2, 0) is 4.79 Å². The molecule has 0 aliphatic carbocycles. The number of nitrogens with one attached hydrogen (secondary N) is 1. The van der Waals surface area contributed by atoms with Gasteiger partial charge in [0.05, 0.1) is 24.1 Å². The summed E-state index contributed by atoms with van der Waals surface area (Å²) in [6.45, 7) is 4.13. The summed E-state index contributed by atoms with van der Waals surface area (Å²) in [6.07, 6.45) is 1.59. The van der Waals surface area contributed by atoms with Gasteiger partial charge in [0, 0.05) is 6.04 Å². The summed E-state index contributed by atoms with van der Waals surface area (Å²) in [6, 6.07) is 7.30. The fourth-order valence-corrected chi connectivity index (χ4v) is 2.82. The zero-order valence-corrected chi connectivity index (χ0v) is 14.3. The lowest BCUT2D eigenvalue weighted by atomic mass is 10.2. The molecule has 1 aromatic heterocycles. The van der Waals surface area contributed by atoms with Crippen LogP contribution in [0.3, 0.4) is 0 Å². The zero-order chi connectivity index (χ0) is 17.4. The number of benzene rings is 1. The minimum absolute atomic E-state index is 0.00603. The van der Waals surface area contributed by atoms with Crippen LogP contribution in [0.4, 0.5) is 17.1 Å². The molecule has 7 heteroatoms. The van der Waals surface area contributed by atoms with Gasteiger partial charge in [-0.05, 0) is 40.1 Å². The highest BCUT2D eigenvalue weighted by Crippen LogP contribution is 2.38. The molecule has 0 fully saturated rings. The van der Waals surface area contributed by atoms with Crippen LogP contribution in [-0.4, -0.2) is 47.1 Å². The number of amides is 2. The predicted molar refractivity (Wildman–Crippen MR) is 92.7 cm³/mol. The van der Waals surface area contributed by atoms with Gasteiger partial charge in [0.15, 0.2) is 5.69 Å². The third kappa shape index (κ3) is 2.67. The minimum Gasteiger partial charge on any atom is -0.319 e. The maximum absolute atomic E-state index is 12.9. The van der Waals surface area contributed by atoms with Crippen molar-refractivity contribution < 1.29 is 9.59 Å². The van der Waals surface area contributed by atoms with Gasteiger partial charge < -0.3 is 10.2 Å². The van der Waals surface area contributed by atoms with Crippen LogP contribution in [0.2, 0.25) is 0 Å². The molecular formula is C17H21N5O2. The van der Waals surface area contributed by atoms with Crippen LogP contribution in [0.1, 0.15) is 30.4 Å². The first kappa shape index (κ1) is 16.2. The number of nitrogens with zero attached hydrogens (tertiary/aromatic N) is 4. The number of carbonyl (C=O) groups excluding carboxylic acids is 2. The number of carbonyl (C=O) groups is 2. The maximum atomic E-state index is 12.9. The summed E-state index contributed by atoms with van der Waals surface area (Å²) in [5.74, 6) is -0.377. The Morgan fingerprint density at radius 3 is 2.62 bits per heavy atom. The first-order valence-corrected chi connectivity index (χ1v) is 7.85. The molecule has 24 heavy (non-hydrogen) atoms. The standard InChI is InChI=1S/C17H21N5O2/c1-11(2)22-16-14(9-18-22)21(15(23)10-20(3)4)13-8-6-5-7-12(13)19-17(16)24/h5-9,11H,10H2,1-4H3,(H,19,24). The van der Waals surface area contributed by atoms with Gasteiger partial charge in [-0.15, -0.1) is 0 Å². The van der Waals surface area contributed by atoms with E-state index in [-0.39, 0.29) is 24.4 Å². The van der Waals surface area contributed by atoms with E-state index in [1.165, 1.54) is 0 Å². The second kappa shape index (κ2) is 6.09. The van der Waals surface area contributed by atoms with Crippen LogP contribution in [0, 0.1) is 0 Å². The fourth-order valence-electron chi connectivity index (χ4n) is 2.82. The Balaban J connectivity index is 2.21. The van der Waals surface area contributed by atoms with E-state index in [9.17, 15) is 9.59 Å². The molecule has 0 radical (unpaired) electrons. The topological polar surface area (TPSA) is 70.5 Å². The third-order valence-electron chi connectivity index (χ3n) is 3.82. The number of aromatic nitrogens is 2. The normalized spacial score (nSPS) is 13.6. The molecule has 1 N–H and O–H groups in total. The molecule has 0 bridgehead atoms. The third-order valence-corrected chi connectivity index (χ3v) is 3.82. The first-order valence-electron chi connectivity index (χ1n) is 7.85. The van der Waals surface area contributed by atoms with E-state index in [1.54, 1.807) is 26.7 Å². The van der Waals surface area contributed by atoms with Gasteiger partial charge in [0.1, 0.15) is 5.69 Å². The number of likely N-dealkylation sites (N-methyl/N-ethyl adjacent to an activating group) is 1. The highest BCUT2D eigenvalue weighted by atomic mass is 16.2. The van der Waals surface area contributed by atoms with Gasteiger partial charge in [-0.3, -0.25) is 19.2 Å². The Morgan fingerprint density at radius 2 is 1.96 bits per heavy atom. The Labute approximate surface area is 140 Å². The quantitative estimate of drug-likeness (QED) is 0.939. The Bertz CT molecular complexity index is 794. The van der Waals surface area contributed by atoms with Crippen molar-refractivity contribution in [2.24, 2.45) is 0 Å². The molecule has 7 nitrogen and oxygen atoms in total. The van der Waals surface area contributed by atoms with E-state index in [0.717, 1.165) is 0 Å². The van der Waals surface area contributed by atoms with Crippen LogP contribution < -0.4 is 10.2 Å². The fraction of sp³-hybridized carbons (Fsp3) is 0.353. The minimum atomic E-state index is -0.260. The zero-order valence-electron chi connectivity index (χ0n) is 14.3. The largest absolute Gasteiger partial charge is 0.319 e. The molecule has 0 saturated carbocycles. The van der Waals surface area contributed by atoms with E-state index in [4.69, 9.17) is 0 Å². The second-order valence-electron chi connectivity index (χ2n) is 6.35. The predicted octanol–water partition coefficient (Wildman–Crippen LogP) is 2.26. The van der Waals surface area contributed by atoms with E-state index < -0.39 is 0 Å². The molecule has 1 aliphatic heterocycles. The van der Waals surface area contributed by atoms with Gasteiger partial charge in [-0.2, -0.15) is 5.10 Å². The molecule has 0 unspecified atom stereocenters. The Kier molecular flexibility index (Phi) is 4.11. The number of anilines is 3. The van der Waals surface area contributed by atoms with Crippen molar-refractivity contribution in [1.82, 2.24) is 14.7 Å². The van der Waals surface area contributed by atoms with Crippen molar-refractivity contribution in [3.05, 3.63) is 36.2 Å². The first-order chi connectivity index (χ1) is 11.4. The molecule has 3 rings (SSSR count). The second-order valence-corrected chi connectivity index (χ2v) is 6.35. The lowest BCUT2D eigenvalue weighted by molar-refractivity contribution is -0.118. The van der Waals surface area contributed by atoms with Gasteiger partial charge >= 0.3 is 0 Å². The summed E-state index contributed by atoms with van der Waals surface area (Å²) in [5, 5.41) is 7.21. The lowest BCUT2D eigenvalue weighted by Crippen LogP contribution is -2.35. The molecule has 2 aromatic rings. The van der Waals surface area contributed by atoms with Crippen molar-refractivity contribution >= 4 is 28.9 Å². The van der Waals surface area contributed by atoms with E-state index >= 15 is 0 Å². The van der Waals surface area contributed by atoms with Crippen molar-refractivity contribution in [2.75, 3.05) is 30.9 Å². The van der Waals surface area contributed by atoms with Crippen molar-refractivity contribution in [3.8, 4) is 0 Å². The Hall–Kier alpha value is -2.67. The highest BCUT2D eigenvalue weighted by Gasteiger charge is 2.33. The molecule has 0 saturated heterocycles. The van der Waals surface area contributed by atoms with Crippen LogP contribution >= 0.6 is 0 Å². The maximum Gasteiger partial charge on any atom is 0.276 e.